The molecule has 0 saturated carbocycles. The van der Waals surface area contributed by atoms with Gasteiger partial charge in [-0.3, -0.25) is 14.5 Å². The van der Waals surface area contributed by atoms with Crippen molar-refractivity contribution in [2.45, 2.75) is 19.4 Å². The molecule has 2 heterocycles. The standard InChI is InChI=1S/C18H22ClN3O5/c1-3-27-18(25)21-8-6-20(7-9-21)14-11-16(23)22(17(14)24)12-4-5-15(26-2)13(19)10-12/h4-5,10,14H,3,6-9,11H2,1-2H3/p+1/t14-/m0/s1. The molecule has 0 bridgehead atoms. The monoisotopic (exact) mass is 396 g/mol. The lowest BCUT2D eigenvalue weighted by Gasteiger charge is -2.33. The van der Waals surface area contributed by atoms with Crippen LogP contribution in [0.15, 0.2) is 18.2 Å². The molecule has 1 aromatic rings. The molecule has 0 aliphatic carbocycles. The van der Waals surface area contributed by atoms with E-state index in [1.165, 1.54) is 12.0 Å². The molecule has 2 aliphatic rings. The molecule has 3 amide bonds. The molecule has 1 N–H and O–H groups in total. The number of nitrogens with one attached hydrogen (secondary N) is 1. The second-order valence-corrected chi connectivity index (χ2v) is 6.89. The summed E-state index contributed by atoms with van der Waals surface area (Å²) in [5.41, 5.74) is 0.447. The summed E-state index contributed by atoms with van der Waals surface area (Å²) in [5, 5.41) is 0.342. The van der Waals surface area contributed by atoms with E-state index in [1.807, 2.05) is 0 Å². The number of amides is 3. The fourth-order valence-electron chi connectivity index (χ4n) is 3.56. The summed E-state index contributed by atoms with van der Waals surface area (Å²) in [7, 11) is 1.50. The molecule has 3 rings (SSSR count). The number of rotatable bonds is 4. The number of halogens is 1. The first kappa shape index (κ1) is 19.4. The number of quaternary nitrogens is 1. The van der Waals surface area contributed by atoms with Crippen LogP contribution in [0.4, 0.5) is 10.5 Å². The lowest BCUT2D eigenvalue weighted by atomic mass is 10.2. The van der Waals surface area contributed by atoms with E-state index >= 15 is 0 Å². The molecule has 2 fully saturated rings. The first-order valence-electron chi connectivity index (χ1n) is 8.92. The Balaban J connectivity index is 1.68. The van der Waals surface area contributed by atoms with Gasteiger partial charge in [-0.2, -0.15) is 0 Å². The molecule has 0 radical (unpaired) electrons. The van der Waals surface area contributed by atoms with Crippen molar-refractivity contribution in [2.75, 3.05) is 44.8 Å². The highest BCUT2D eigenvalue weighted by atomic mass is 35.5. The minimum absolute atomic E-state index is 0.150. The number of hydrogen-bond acceptors (Lipinski definition) is 5. The molecule has 0 unspecified atom stereocenters. The third-order valence-corrected chi connectivity index (χ3v) is 5.26. The van der Waals surface area contributed by atoms with Gasteiger partial charge >= 0.3 is 6.09 Å². The van der Waals surface area contributed by atoms with Crippen molar-refractivity contribution in [1.29, 1.82) is 0 Å². The van der Waals surface area contributed by atoms with Crippen LogP contribution < -0.4 is 14.5 Å². The maximum atomic E-state index is 12.9. The highest BCUT2D eigenvalue weighted by Crippen LogP contribution is 2.31. The van der Waals surface area contributed by atoms with Gasteiger partial charge in [-0.25, -0.2) is 9.69 Å². The second-order valence-electron chi connectivity index (χ2n) is 6.49. The van der Waals surface area contributed by atoms with Gasteiger partial charge in [0.1, 0.15) is 5.75 Å². The quantitative estimate of drug-likeness (QED) is 0.742. The van der Waals surface area contributed by atoms with Crippen molar-refractivity contribution in [3.05, 3.63) is 23.2 Å². The van der Waals surface area contributed by atoms with Crippen molar-refractivity contribution < 1.29 is 28.8 Å². The van der Waals surface area contributed by atoms with Crippen LogP contribution in [0.1, 0.15) is 13.3 Å². The zero-order valence-corrected chi connectivity index (χ0v) is 16.1. The Hall–Kier alpha value is -2.32. The van der Waals surface area contributed by atoms with Crippen LogP contribution in [0, 0.1) is 0 Å². The summed E-state index contributed by atoms with van der Waals surface area (Å²) in [6.07, 6.45) is -0.183. The highest BCUT2D eigenvalue weighted by Gasteiger charge is 2.46. The average molecular weight is 397 g/mol. The highest BCUT2D eigenvalue weighted by molar-refractivity contribution is 6.32. The first-order chi connectivity index (χ1) is 13.0. The van der Waals surface area contributed by atoms with E-state index in [-0.39, 0.29) is 24.3 Å². The van der Waals surface area contributed by atoms with E-state index in [9.17, 15) is 14.4 Å². The number of benzene rings is 1. The van der Waals surface area contributed by atoms with Crippen molar-refractivity contribution in [3.63, 3.8) is 0 Å². The van der Waals surface area contributed by atoms with E-state index in [1.54, 1.807) is 30.0 Å². The van der Waals surface area contributed by atoms with Crippen LogP contribution in [-0.4, -0.2) is 68.7 Å². The number of carbonyl (C=O) groups excluding carboxylic acids is 3. The third kappa shape index (κ3) is 3.86. The molecular formula is C18H23ClN3O5+. The Morgan fingerprint density at radius 1 is 1.30 bits per heavy atom. The van der Waals surface area contributed by atoms with E-state index < -0.39 is 6.04 Å². The predicted molar refractivity (Wildman–Crippen MR) is 98.2 cm³/mol. The molecule has 2 aliphatic heterocycles. The van der Waals surface area contributed by atoms with E-state index in [0.29, 0.717) is 49.2 Å². The summed E-state index contributed by atoms with van der Waals surface area (Å²) in [5.74, 6) is 0.00384. The molecule has 8 nitrogen and oxygen atoms in total. The number of anilines is 1. The fourth-order valence-corrected chi connectivity index (χ4v) is 3.81. The molecule has 0 aromatic heterocycles. The van der Waals surface area contributed by atoms with Gasteiger partial charge in [0.05, 0.1) is 57.0 Å². The molecular weight excluding hydrogens is 374 g/mol. The van der Waals surface area contributed by atoms with Gasteiger partial charge in [0.25, 0.3) is 5.91 Å². The van der Waals surface area contributed by atoms with E-state index in [4.69, 9.17) is 21.1 Å². The first-order valence-corrected chi connectivity index (χ1v) is 9.30. The number of hydrogen-bond donors (Lipinski definition) is 1. The van der Waals surface area contributed by atoms with Crippen LogP contribution in [0.2, 0.25) is 5.02 Å². The minimum Gasteiger partial charge on any atom is -0.495 e. The van der Waals surface area contributed by atoms with Gasteiger partial charge in [-0.1, -0.05) is 11.6 Å². The normalized spacial score (nSPS) is 20.9. The fraction of sp³-hybridized carbons (Fsp3) is 0.500. The smallest absolute Gasteiger partial charge is 0.410 e. The summed E-state index contributed by atoms with van der Waals surface area (Å²) in [6, 6.07) is 4.41. The second kappa shape index (κ2) is 8.14. The number of nitrogens with zero attached hydrogens (tertiary/aromatic N) is 2. The summed E-state index contributed by atoms with van der Waals surface area (Å²) < 4.78 is 10.1. The maximum Gasteiger partial charge on any atom is 0.410 e. The van der Waals surface area contributed by atoms with Crippen molar-refractivity contribution in [3.8, 4) is 5.75 Å². The van der Waals surface area contributed by atoms with Crippen molar-refractivity contribution in [1.82, 2.24) is 4.90 Å². The summed E-state index contributed by atoms with van der Waals surface area (Å²) in [4.78, 5) is 41.0. The van der Waals surface area contributed by atoms with Gasteiger partial charge < -0.3 is 14.4 Å². The van der Waals surface area contributed by atoms with Gasteiger partial charge in [0.2, 0.25) is 5.91 Å². The molecule has 27 heavy (non-hydrogen) atoms. The van der Waals surface area contributed by atoms with Gasteiger partial charge in [-0.05, 0) is 25.1 Å². The average Bonchev–Trinajstić information content (AvgIpc) is 2.96. The summed E-state index contributed by atoms with van der Waals surface area (Å²) >= 11 is 6.13. The van der Waals surface area contributed by atoms with Gasteiger partial charge in [-0.15, -0.1) is 0 Å². The number of carbonyl (C=O) groups is 3. The van der Waals surface area contributed by atoms with Crippen LogP contribution in [-0.2, 0) is 14.3 Å². The number of ether oxygens (including phenoxy) is 2. The molecule has 9 heteroatoms. The van der Waals surface area contributed by atoms with Crippen molar-refractivity contribution in [2.24, 2.45) is 0 Å². The Labute approximate surface area is 162 Å². The Morgan fingerprint density at radius 2 is 2.00 bits per heavy atom. The van der Waals surface area contributed by atoms with Crippen LogP contribution in [0.25, 0.3) is 0 Å². The Bertz CT molecular complexity index is 749. The number of imide groups is 1. The maximum absolute atomic E-state index is 12.9. The Kier molecular flexibility index (Phi) is 5.86. The summed E-state index contributed by atoms with van der Waals surface area (Å²) in [6.45, 7) is 4.30. The molecule has 1 atom stereocenters. The van der Waals surface area contributed by atoms with Crippen molar-refractivity contribution >= 4 is 35.2 Å². The lowest BCUT2D eigenvalue weighted by molar-refractivity contribution is -0.918. The molecule has 2 saturated heterocycles. The van der Waals surface area contributed by atoms with Crippen LogP contribution >= 0.6 is 11.6 Å². The Morgan fingerprint density at radius 3 is 2.59 bits per heavy atom. The predicted octanol–water partition coefficient (Wildman–Crippen LogP) is 0.338. The largest absolute Gasteiger partial charge is 0.495 e. The lowest BCUT2D eigenvalue weighted by Crippen LogP contribution is -3.19. The zero-order valence-electron chi connectivity index (χ0n) is 15.4. The zero-order chi connectivity index (χ0) is 19.6. The van der Waals surface area contributed by atoms with Gasteiger partial charge in [0.15, 0.2) is 6.04 Å². The number of methoxy groups -OCH3 is 1. The molecule has 1 aromatic carbocycles. The number of piperazine rings is 1. The van der Waals surface area contributed by atoms with Crippen LogP contribution in [0.5, 0.6) is 5.75 Å². The minimum atomic E-state index is -0.442. The topological polar surface area (TPSA) is 80.6 Å². The van der Waals surface area contributed by atoms with Gasteiger partial charge in [0, 0.05) is 0 Å². The third-order valence-electron chi connectivity index (χ3n) is 4.96. The van der Waals surface area contributed by atoms with E-state index in [0.717, 1.165) is 4.90 Å². The molecule has 146 valence electrons. The van der Waals surface area contributed by atoms with E-state index in [2.05, 4.69) is 0 Å². The SMILES string of the molecule is CCOC(=O)N1CC[NH+]([C@H]2CC(=O)N(c3ccc(OC)c(Cl)c3)C2=O)CC1. The molecule has 0 spiro atoms. The van der Waals surface area contributed by atoms with Crippen LogP contribution in [0.3, 0.4) is 0 Å².